The van der Waals surface area contributed by atoms with Crippen molar-refractivity contribution >= 4 is 11.6 Å². The molecule has 3 nitrogen and oxygen atoms in total. The fraction of sp³-hybridized carbons (Fsp3) is 0.400. The number of amidine groups is 1. The van der Waals surface area contributed by atoms with Gasteiger partial charge >= 0.3 is 0 Å². The van der Waals surface area contributed by atoms with Gasteiger partial charge in [-0.2, -0.15) is 0 Å². The van der Waals surface area contributed by atoms with Gasteiger partial charge in [-0.25, -0.2) is 0 Å². The average Bonchev–Trinajstić information content (AvgIpc) is 2.40. The van der Waals surface area contributed by atoms with Gasteiger partial charge in [-0.05, 0) is 36.5 Å². The Morgan fingerprint density at radius 3 is 2.67 bits per heavy atom. The van der Waals surface area contributed by atoms with Crippen molar-refractivity contribution in [3.05, 3.63) is 42.0 Å². The molecule has 0 heterocycles. The predicted molar refractivity (Wildman–Crippen MR) is 74.6 cm³/mol. The number of allylic oxidation sites excluding steroid dienone is 1. The van der Waals surface area contributed by atoms with E-state index < -0.39 is 0 Å². The van der Waals surface area contributed by atoms with Crippen LogP contribution in [-0.2, 0) is 4.74 Å². The molecule has 1 aromatic rings. The Hall–Kier alpha value is -1.77. The quantitative estimate of drug-likeness (QED) is 0.641. The van der Waals surface area contributed by atoms with Crippen molar-refractivity contribution in [2.24, 2.45) is 0 Å². The Balaban J connectivity index is 2.09. The van der Waals surface area contributed by atoms with E-state index in [-0.39, 0.29) is 12.1 Å². The molecule has 1 atom stereocenters. The molecule has 1 aromatic carbocycles. The van der Waals surface area contributed by atoms with E-state index in [1.165, 1.54) is 11.1 Å². The van der Waals surface area contributed by atoms with Crippen molar-refractivity contribution in [1.29, 1.82) is 5.41 Å². The van der Waals surface area contributed by atoms with Crippen molar-refractivity contribution in [1.82, 2.24) is 4.90 Å². The Morgan fingerprint density at radius 2 is 2.00 bits per heavy atom. The molecule has 1 aliphatic rings. The lowest BCUT2D eigenvalue weighted by Gasteiger charge is -2.24. The van der Waals surface area contributed by atoms with Crippen LogP contribution in [-0.4, -0.2) is 31.1 Å². The maximum absolute atomic E-state index is 7.72. The van der Waals surface area contributed by atoms with Gasteiger partial charge in [-0.3, -0.25) is 5.41 Å². The van der Waals surface area contributed by atoms with E-state index in [2.05, 4.69) is 30.3 Å². The maximum atomic E-state index is 7.72. The van der Waals surface area contributed by atoms with Crippen LogP contribution in [0, 0.1) is 5.41 Å². The van der Waals surface area contributed by atoms with E-state index in [9.17, 15) is 0 Å². The molecule has 0 fully saturated rings. The number of rotatable bonds is 2. The van der Waals surface area contributed by atoms with Gasteiger partial charge in [0, 0.05) is 14.1 Å². The van der Waals surface area contributed by atoms with Crippen molar-refractivity contribution < 1.29 is 4.74 Å². The average molecular weight is 244 g/mol. The first kappa shape index (κ1) is 12.7. The molecular weight excluding hydrogens is 224 g/mol. The van der Waals surface area contributed by atoms with E-state index >= 15 is 0 Å². The highest BCUT2D eigenvalue weighted by Gasteiger charge is 2.17. The second kappa shape index (κ2) is 5.71. The van der Waals surface area contributed by atoms with Crippen LogP contribution in [0.1, 0.15) is 24.8 Å². The third kappa shape index (κ3) is 3.13. The molecule has 1 N–H and O–H groups in total. The smallest absolute Gasteiger partial charge is 0.284 e. The van der Waals surface area contributed by atoms with Gasteiger partial charge in [-0.15, -0.1) is 0 Å². The molecule has 1 aliphatic carbocycles. The molecule has 0 saturated carbocycles. The SMILES string of the molecule is CN(C)C(=N)OC1C=C(c2ccccc2)CCC1. The number of nitrogens with one attached hydrogen (secondary N) is 1. The minimum atomic E-state index is 0.0313. The minimum absolute atomic E-state index is 0.0313. The largest absolute Gasteiger partial charge is 0.458 e. The summed E-state index contributed by atoms with van der Waals surface area (Å²) < 4.78 is 5.64. The number of ether oxygens (including phenoxy) is 1. The van der Waals surface area contributed by atoms with Gasteiger partial charge in [0.25, 0.3) is 6.02 Å². The van der Waals surface area contributed by atoms with Crippen LogP contribution in [0.25, 0.3) is 5.57 Å². The van der Waals surface area contributed by atoms with E-state index in [0.717, 1.165) is 19.3 Å². The second-order valence-corrected chi connectivity index (χ2v) is 4.81. The zero-order chi connectivity index (χ0) is 13.0. The fourth-order valence-corrected chi connectivity index (χ4v) is 2.12. The molecule has 0 saturated heterocycles. The topological polar surface area (TPSA) is 36.3 Å². The van der Waals surface area contributed by atoms with Gasteiger partial charge in [0.05, 0.1) is 0 Å². The Kier molecular flexibility index (Phi) is 4.03. The molecule has 0 radical (unpaired) electrons. The molecule has 18 heavy (non-hydrogen) atoms. The highest BCUT2D eigenvalue weighted by atomic mass is 16.5. The number of benzene rings is 1. The lowest BCUT2D eigenvalue weighted by molar-refractivity contribution is 0.184. The minimum Gasteiger partial charge on any atom is -0.458 e. The highest BCUT2D eigenvalue weighted by molar-refractivity contribution is 5.71. The van der Waals surface area contributed by atoms with Crippen LogP contribution in [0.4, 0.5) is 0 Å². The summed E-state index contributed by atoms with van der Waals surface area (Å²) in [5.74, 6) is 0. The van der Waals surface area contributed by atoms with Gasteiger partial charge in [0.2, 0.25) is 0 Å². The highest BCUT2D eigenvalue weighted by Crippen LogP contribution is 2.28. The molecule has 0 bridgehead atoms. The first-order chi connectivity index (χ1) is 8.66. The van der Waals surface area contributed by atoms with Crippen LogP contribution in [0.3, 0.4) is 0 Å². The number of hydrogen-bond donors (Lipinski definition) is 1. The van der Waals surface area contributed by atoms with E-state index in [4.69, 9.17) is 10.1 Å². The monoisotopic (exact) mass is 244 g/mol. The summed E-state index contributed by atoms with van der Waals surface area (Å²) in [7, 11) is 3.65. The van der Waals surface area contributed by atoms with Crippen LogP contribution in [0.5, 0.6) is 0 Å². The van der Waals surface area contributed by atoms with E-state index in [0.29, 0.717) is 0 Å². The first-order valence-corrected chi connectivity index (χ1v) is 6.35. The van der Waals surface area contributed by atoms with Gasteiger partial charge in [0.1, 0.15) is 6.10 Å². The third-order valence-corrected chi connectivity index (χ3v) is 3.14. The zero-order valence-electron chi connectivity index (χ0n) is 11.0. The lowest BCUT2D eigenvalue weighted by Crippen LogP contribution is -2.28. The molecule has 0 aliphatic heterocycles. The number of hydrogen-bond acceptors (Lipinski definition) is 2. The summed E-state index contributed by atoms with van der Waals surface area (Å²) in [5, 5.41) is 7.72. The molecule has 2 rings (SSSR count). The first-order valence-electron chi connectivity index (χ1n) is 6.35. The van der Waals surface area contributed by atoms with Crippen LogP contribution >= 0.6 is 0 Å². The summed E-state index contributed by atoms with van der Waals surface area (Å²) in [6.45, 7) is 0. The third-order valence-electron chi connectivity index (χ3n) is 3.14. The second-order valence-electron chi connectivity index (χ2n) is 4.81. The summed E-state index contributed by atoms with van der Waals surface area (Å²) in [4.78, 5) is 1.69. The Bertz CT molecular complexity index is 437. The van der Waals surface area contributed by atoms with Crippen LogP contribution in [0.2, 0.25) is 0 Å². The molecule has 3 heteroatoms. The molecule has 0 aromatic heterocycles. The summed E-state index contributed by atoms with van der Waals surface area (Å²) in [5.41, 5.74) is 2.60. The van der Waals surface area contributed by atoms with Gasteiger partial charge < -0.3 is 9.64 Å². The predicted octanol–water partition coefficient (Wildman–Crippen LogP) is 3.14. The Labute approximate surface area is 109 Å². The van der Waals surface area contributed by atoms with Crippen LogP contribution < -0.4 is 0 Å². The van der Waals surface area contributed by atoms with Crippen molar-refractivity contribution in [2.45, 2.75) is 25.4 Å². The summed E-state index contributed by atoms with van der Waals surface area (Å²) >= 11 is 0. The van der Waals surface area contributed by atoms with Gasteiger partial charge in [-0.1, -0.05) is 30.3 Å². The fourth-order valence-electron chi connectivity index (χ4n) is 2.12. The molecule has 0 spiro atoms. The van der Waals surface area contributed by atoms with E-state index in [1.807, 2.05) is 20.2 Å². The molecular formula is C15H20N2O. The summed E-state index contributed by atoms with van der Waals surface area (Å²) in [6.07, 6.45) is 5.40. The lowest BCUT2D eigenvalue weighted by atomic mass is 9.92. The normalized spacial score (nSPS) is 19.0. The summed E-state index contributed by atoms with van der Waals surface area (Å²) in [6, 6.07) is 10.6. The van der Waals surface area contributed by atoms with E-state index in [1.54, 1.807) is 4.90 Å². The Morgan fingerprint density at radius 1 is 1.28 bits per heavy atom. The van der Waals surface area contributed by atoms with Gasteiger partial charge in [0.15, 0.2) is 0 Å². The molecule has 0 amide bonds. The standard InChI is InChI=1S/C15H20N2O/c1-17(2)15(16)18-14-10-6-9-13(11-14)12-7-4-3-5-8-12/h3-5,7-8,11,14,16H,6,9-10H2,1-2H3. The van der Waals surface area contributed by atoms with Crippen LogP contribution in [0.15, 0.2) is 36.4 Å². The van der Waals surface area contributed by atoms with Crippen molar-refractivity contribution in [2.75, 3.05) is 14.1 Å². The number of nitrogens with zero attached hydrogens (tertiary/aromatic N) is 1. The molecule has 96 valence electrons. The van der Waals surface area contributed by atoms with Crippen molar-refractivity contribution in [3.8, 4) is 0 Å². The molecule has 1 unspecified atom stereocenters. The van der Waals surface area contributed by atoms with Crippen molar-refractivity contribution in [3.63, 3.8) is 0 Å². The maximum Gasteiger partial charge on any atom is 0.284 e. The zero-order valence-corrected chi connectivity index (χ0v) is 11.0.